The molecule has 1 N–H and O–H groups in total. The molecule has 0 aliphatic carbocycles. The first-order valence-corrected chi connectivity index (χ1v) is 16.9. The Hall–Kier alpha value is -5.19. The highest BCUT2D eigenvalue weighted by atomic mass is 16.6. The number of carbonyl (C=O) groups is 1. The van der Waals surface area contributed by atoms with Crippen LogP contribution in [-0.4, -0.2) is 78.2 Å². The van der Waals surface area contributed by atoms with E-state index in [0.717, 1.165) is 44.5 Å². The van der Waals surface area contributed by atoms with Crippen LogP contribution >= 0.6 is 0 Å². The molecule has 0 radical (unpaired) electrons. The molecule has 0 saturated carbocycles. The van der Waals surface area contributed by atoms with E-state index in [4.69, 9.17) is 38.3 Å². The third-order valence-electron chi connectivity index (χ3n) is 8.70. The van der Waals surface area contributed by atoms with E-state index in [1.807, 2.05) is 115 Å². The summed E-state index contributed by atoms with van der Waals surface area (Å²) in [7, 11) is 3.28. The Balaban J connectivity index is 1.36. The Bertz CT molecular complexity index is 1870. The number of ether oxygens (including phenoxy) is 7. The molecule has 51 heavy (non-hydrogen) atoms. The molecule has 0 amide bonds. The number of rotatable bonds is 17. The lowest BCUT2D eigenvalue weighted by molar-refractivity contribution is -0.00314. The summed E-state index contributed by atoms with van der Waals surface area (Å²) in [6, 6.07) is 33.4. The van der Waals surface area contributed by atoms with E-state index in [1.165, 1.54) is 0 Å². The number of methoxy groups -OCH3 is 2. The standard InChI is InChI=1S/C42H42O9/c1-45-33-16-12-31(13-17-33)42(32-14-18-34(46-2)19-15-32)21-20-37-39(41(44)50-29-28-49-27-26-48-25-24-47-23-22-43)38(30-8-4-3-5-9-30)35-10-6-7-11-36(35)40(37)51-42/h3-21,43H,22-29H2,1-2H3. The van der Waals surface area contributed by atoms with Gasteiger partial charge in [-0.15, -0.1) is 0 Å². The van der Waals surface area contributed by atoms with Crippen LogP contribution in [-0.2, 0) is 24.5 Å². The summed E-state index contributed by atoms with van der Waals surface area (Å²) >= 11 is 0. The maximum atomic E-state index is 14.2. The Morgan fingerprint density at radius 3 is 1.75 bits per heavy atom. The molecule has 1 heterocycles. The predicted molar refractivity (Wildman–Crippen MR) is 196 cm³/mol. The second-order valence-corrected chi connectivity index (χ2v) is 11.7. The van der Waals surface area contributed by atoms with Gasteiger partial charge in [-0.3, -0.25) is 0 Å². The molecule has 0 saturated heterocycles. The minimum absolute atomic E-state index is 0.0197. The first kappa shape index (κ1) is 35.6. The van der Waals surface area contributed by atoms with E-state index < -0.39 is 11.6 Å². The normalized spacial score (nSPS) is 13.0. The van der Waals surface area contributed by atoms with Gasteiger partial charge in [-0.1, -0.05) is 78.9 Å². The van der Waals surface area contributed by atoms with Crippen molar-refractivity contribution in [1.29, 1.82) is 0 Å². The van der Waals surface area contributed by atoms with Crippen molar-refractivity contribution in [3.05, 3.63) is 131 Å². The van der Waals surface area contributed by atoms with Gasteiger partial charge < -0.3 is 38.3 Å². The summed E-state index contributed by atoms with van der Waals surface area (Å²) < 4.78 is 40.3. The number of aliphatic hydroxyl groups is 1. The molecule has 0 unspecified atom stereocenters. The van der Waals surface area contributed by atoms with E-state index in [0.29, 0.717) is 43.3 Å². The third-order valence-corrected chi connectivity index (χ3v) is 8.70. The fourth-order valence-electron chi connectivity index (χ4n) is 6.23. The van der Waals surface area contributed by atoms with E-state index >= 15 is 0 Å². The van der Waals surface area contributed by atoms with Gasteiger partial charge in [-0.2, -0.15) is 0 Å². The second kappa shape index (κ2) is 17.2. The number of esters is 1. The second-order valence-electron chi connectivity index (χ2n) is 11.7. The van der Waals surface area contributed by atoms with Crippen molar-refractivity contribution in [3.8, 4) is 28.4 Å². The summed E-state index contributed by atoms with van der Waals surface area (Å²) in [5.74, 6) is 1.55. The van der Waals surface area contributed by atoms with Crippen LogP contribution in [0.15, 0.2) is 109 Å². The number of fused-ring (bicyclic) bond motifs is 3. The monoisotopic (exact) mass is 690 g/mol. The van der Waals surface area contributed by atoms with Crippen LogP contribution in [0.5, 0.6) is 17.2 Å². The zero-order chi connectivity index (χ0) is 35.5. The Morgan fingerprint density at radius 2 is 1.18 bits per heavy atom. The summed E-state index contributed by atoms with van der Waals surface area (Å²) in [5.41, 5.74) is 3.43. The zero-order valence-corrected chi connectivity index (χ0v) is 28.8. The van der Waals surface area contributed by atoms with Crippen molar-refractivity contribution >= 4 is 22.8 Å². The minimum Gasteiger partial charge on any atom is -0.497 e. The number of benzene rings is 5. The Labute approximate surface area is 297 Å². The highest BCUT2D eigenvalue weighted by Gasteiger charge is 2.40. The van der Waals surface area contributed by atoms with Gasteiger partial charge in [0.05, 0.1) is 66.0 Å². The molecule has 6 rings (SSSR count). The van der Waals surface area contributed by atoms with Crippen LogP contribution in [0.1, 0.15) is 27.0 Å². The molecule has 0 atom stereocenters. The average molecular weight is 691 g/mol. The molecule has 1 aliphatic heterocycles. The van der Waals surface area contributed by atoms with Crippen molar-refractivity contribution in [1.82, 2.24) is 0 Å². The van der Waals surface area contributed by atoms with Gasteiger partial charge in [-0.05, 0) is 47.4 Å². The summed E-state index contributed by atoms with van der Waals surface area (Å²) in [5, 5.41) is 10.5. The minimum atomic E-state index is -1.04. The van der Waals surface area contributed by atoms with E-state index in [9.17, 15) is 4.79 Å². The van der Waals surface area contributed by atoms with Gasteiger partial charge in [0.15, 0.2) is 5.60 Å². The lowest BCUT2D eigenvalue weighted by Crippen LogP contribution is -2.35. The predicted octanol–water partition coefficient (Wildman–Crippen LogP) is 7.07. The Morgan fingerprint density at radius 1 is 0.647 bits per heavy atom. The lowest BCUT2D eigenvalue weighted by atomic mass is 9.81. The highest BCUT2D eigenvalue weighted by molar-refractivity contribution is 6.14. The fourth-order valence-corrected chi connectivity index (χ4v) is 6.23. The quantitative estimate of drug-likeness (QED) is 0.0811. The molecule has 5 aromatic rings. The van der Waals surface area contributed by atoms with Crippen molar-refractivity contribution in [2.24, 2.45) is 0 Å². The number of carbonyl (C=O) groups excluding carboxylic acids is 1. The van der Waals surface area contributed by atoms with Crippen LogP contribution in [0, 0.1) is 0 Å². The van der Waals surface area contributed by atoms with Crippen molar-refractivity contribution in [2.75, 3.05) is 67.1 Å². The smallest absolute Gasteiger partial charge is 0.339 e. The maximum absolute atomic E-state index is 14.2. The summed E-state index contributed by atoms with van der Waals surface area (Å²) in [4.78, 5) is 14.2. The Kier molecular flexibility index (Phi) is 12.0. The third kappa shape index (κ3) is 7.92. The molecular weight excluding hydrogens is 648 g/mol. The lowest BCUT2D eigenvalue weighted by Gasteiger charge is -2.37. The van der Waals surface area contributed by atoms with Crippen LogP contribution < -0.4 is 14.2 Å². The zero-order valence-electron chi connectivity index (χ0n) is 28.8. The van der Waals surface area contributed by atoms with Crippen molar-refractivity contribution in [2.45, 2.75) is 5.60 Å². The topological polar surface area (TPSA) is 102 Å². The average Bonchev–Trinajstić information content (AvgIpc) is 3.19. The molecule has 5 aromatic carbocycles. The number of hydrogen-bond donors (Lipinski definition) is 1. The van der Waals surface area contributed by atoms with Crippen LogP contribution in [0.2, 0.25) is 0 Å². The highest BCUT2D eigenvalue weighted by Crippen LogP contribution is 2.50. The molecule has 0 bridgehead atoms. The van der Waals surface area contributed by atoms with E-state index in [-0.39, 0.29) is 26.4 Å². The molecular formula is C42H42O9. The van der Waals surface area contributed by atoms with Crippen LogP contribution in [0.25, 0.3) is 28.0 Å². The first-order valence-electron chi connectivity index (χ1n) is 16.9. The number of hydrogen-bond acceptors (Lipinski definition) is 9. The molecule has 1 aliphatic rings. The molecule has 9 nitrogen and oxygen atoms in total. The van der Waals surface area contributed by atoms with Gasteiger partial charge in [-0.25, -0.2) is 4.79 Å². The maximum Gasteiger partial charge on any atom is 0.339 e. The number of aliphatic hydroxyl groups excluding tert-OH is 1. The van der Waals surface area contributed by atoms with Crippen molar-refractivity contribution < 1.29 is 43.1 Å². The van der Waals surface area contributed by atoms with Gasteiger partial charge >= 0.3 is 5.97 Å². The van der Waals surface area contributed by atoms with Crippen LogP contribution in [0.3, 0.4) is 0 Å². The van der Waals surface area contributed by atoms with Gasteiger partial charge in [0.25, 0.3) is 0 Å². The first-order chi connectivity index (χ1) is 25.1. The van der Waals surface area contributed by atoms with Gasteiger partial charge in [0, 0.05) is 27.6 Å². The van der Waals surface area contributed by atoms with Crippen LogP contribution in [0.4, 0.5) is 0 Å². The molecule has 0 fully saturated rings. The summed E-state index contributed by atoms with van der Waals surface area (Å²) in [6.45, 7) is 2.04. The van der Waals surface area contributed by atoms with Gasteiger partial charge in [0.2, 0.25) is 0 Å². The SMILES string of the molecule is COc1ccc(C2(c3ccc(OC)cc3)C=Cc3c(C(=O)OCCOCCOCCOCCO)c(-c4ccccc4)c4ccccc4c3O2)cc1. The molecule has 0 spiro atoms. The molecule has 0 aromatic heterocycles. The largest absolute Gasteiger partial charge is 0.497 e. The molecule has 9 heteroatoms. The van der Waals surface area contributed by atoms with E-state index in [1.54, 1.807) is 14.2 Å². The summed E-state index contributed by atoms with van der Waals surface area (Å²) in [6.07, 6.45) is 3.97. The molecule has 264 valence electrons. The fraction of sp³-hybridized carbons (Fsp3) is 0.262. The van der Waals surface area contributed by atoms with E-state index in [2.05, 4.69) is 0 Å². The van der Waals surface area contributed by atoms with Gasteiger partial charge in [0.1, 0.15) is 23.9 Å². The van der Waals surface area contributed by atoms with Crippen molar-refractivity contribution in [3.63, 3.8) is 0 Å².